The van der Waals surface area contributed by atoms with Crippen LogP contribution >= 0.6 is 22.9 Å². The fourth-order valence-electron chi connectivity index (χ4n) is 2.38. The Hall–Kier alpha value is -1.92. The number of carbonyl (C=O) groups is 2. The number of methoxy groups -OCH3 is 1. The molecule has 0 radical (unpaired) electrons. The second kappa shape index (κ2) is 8.97. The summed E-state index contributed by atoms with van der Waals surface area (Å²) in [5, 5.41) is 5.95. The molecule has 0 spiro atoms. The van der Waals surface area contributed by atoms with Gasteiger partial charge in [-0.15, -0.1) is 11.3 Å². The molecule has 0 fully saturated rings. The number of ether oxygens (including phenoxy) is 1. The molecule has 1 atom stereocenters. The molecule has 1 amide bonds. The molecule has 1 N–H and O–H groups in total. The van der Waals surface area contributed by atoms with E-state index in [2.05, 4.69) is 10.3 Å². The van der Waals surface area contributed by atoms with Crippen molar-refractivity contribution in [3.63, 3.8) is 0 Å². The van der Waals surface area contributed by atoms with E-state index in [-0.39, 0.29) is 18.2 Å². The molecular formula is C18H21ClN2O3S. The van der Waals surface area contributed by atoms with Gasteiger partial charge >= 0.3 is 5.97 Å². The van der Waals surface area contributed by atoms with Crippen LogP contribution in [-0.4, -0.2) is 30.0 Å². The Morgan fingerprint density at radius 2 is 2.04 bits per heavy atom. The number of thiazole rings is 1. The summed E-state index contributed by atoms with van der Waals surface area (Å²) in [7, 11) is 1.32. The van der Waals surface area contributed by atoms with Crippen LogP contribution in [0.5, 0.6) is 0 Å². The second-order valence-electron chi connectivity index (χ2n) is 6.07. The van der Waals surface area contributed by atoms with Crippen molar-refractivity contribution in [2.24, 2.45) is 5.92 Å². The van der Waals surface area contributed by atoms with Crippen molar-refractivity contribution in [1.29, 1.82) is 0 Å². The maximum Gasteiger partial charge on any atom is 0.328 e. The summed E-state index contributed by atoms with van der Waals surface area (Å²) in [4.78, 5) is 28.5. The van der Waals surface area contributed by atoms with Crippen molar-refractivity contribution < 1.29 is 14.3 Å². The predicted octanol–water partition coefficient (Wildman–Crippen LogP) is 3.71. The third kappa shape index (κ3) is 5.54. The van der Waals surface area contributed by atoms with E-state index in [4.69, 9.17) is 16.3 Å². The van der Waals surface area contributed by atoms with Crippen molar-refractivity contribution in [2.75, 3.05) is 7.11 Å². The van der Waals surface area contributed by atoms with E-state index in [9.17, 15) is 9.59 Å². The second-order valence-corrected chi connectivity index (χ2v) is 7.34. The van der Waals surface area contributed by atoms with Gasteiger partial charge in [0.25, 0.3) is 0 Å². The topological polar surface area (TPSA) is 68.3 Å². The molecule has 0 aliphatic rings. The molecule has 0 saturated carbocycles. The molecule has 134 valence electrons. The molecule has 0 saturated heterocycles. The monoisotopic (exact) mass is 380 g/mol. The summed E-state index contributed by atoms with van der Waals surface area (Å²) >= 11 is 7.61. The molecular weight excluding hydrogens is 360 g/mol. The normalized spacial score (nSPS) is 12.0. The number of hydrogen-bond acceptors (Lipinski definition) is 5. The molecule has 1 unspecified atom stereocenters. The van der Waals surface area contributed by atoms with Crippen LogP contribution < -0.4 is 5.32 Å². The molecule has 0 aliphatic heterocycles. The molecule has 0 bridgehead atoms. The van der Waals surface area contributed by atoms with Crippen LogP contribution in [0.3, 0.4) is 0 Å². The molecule has 2 rings (SSSR count). The highest BCUT2D eigenvalue weighted by molar-refractivity contribution is 7.13. The predicted molar refractivity (Wildman–Crippen MR) is 99.7 cm³/mol. The lowest BCUT2D eigenvalue weighted by Gasteiger charge is -2.18. The zero-order valence-electron chi connectivity index (χ0n) is 14.4. The fourth-order valence-corrected chi connectivity index (χ4v) is 3.52. The van der Waals surface area contributed by atoms with Gasteiger partial charge in [0.15, 0.2) is 0 Å². The van der Waals surface area contributed by atoms with Gasteiger partial charge in [-0.05, 0) is 18.4 Å². The van der Waals surface area contributed by atoms with Gasteiger partial charge in [-0.25, -0.2) is 9.78 Å². The van der Waals surface area contributed by atoms with E-state index < -0.39 is 12.0 Å². The Labute approximate surface area is 156 Å². The zero-order chi connectivity index (χ0) is 18.4. The Kier molecular flexibility index (Phi) is 6.96. The van der Waals surface area contributed by atoms with Crippen LogP contribution in [0, 0.1) is 5.92 Å². The summed E-state index contributed by atoms with van der Waals surface area (Å²) in [6.45, 7) is 3.97. The third-order valence-electron chi connectivity index (χ3n) is 3.53. The molecule has 1 aromatic carbocycles. The number of rotatable bonds is 7. The van der Waals surface area contributed by atoms with E-state index >= 15 is 0 Å². The van der Waals surface area contributed by atoms with Gasteiger partial charge in [0, 0.05) is 10.9 Å². The van der Waals surface area contributed by atoms with Crippen molar-refractivity contribution in [2.45, 2.75) is 32.7 Å². The van der Waals surface area contributed by atoms with Gasteiger partial charge < -0.3 is 10.1 Å². The largest absolute Gasteiger partial charge is 0.467 e. The first-order valence-corrected chi connectivity index (χ1v) is 9.23. The molecule has 1 heterocycles. The highest BCUT2D eigenvalue weighted by atomic mass is 35.5. The van der Waals surface area contributed by atoms with Crippen LogP contribution in [0.2, 0.25) is 5.02 Å². The first-order chi connectivity index (χ1) is 11.9. The Morgan fingerprint density at radius 3 is 2.68 bits per heavy atom. The summed E-state index contributed by atoms with van der Waals surface area (Å²) < 4.78 is 4.76. The van der Waals surface area contributed by atoms with E-state index in [0.29, 0.717) is 17.1 Å². The number of halogens is 1. The van der Waals surface area contributed by atoms with Gasteiger partial charge in [-0.1, -0.05) is 43.6 Å². The first kappa shape index (κ1) is 19.4. The highest BCUT2D eigenvalue weighted by Gasteiger charge is 2.23. The lowest BCUT2D eigenvalue weighted by Crippen LogP contribution is -2.43. The van der Waals surface area contributed by atoms with Crippen molar-refractivity contribution in [3.8, 4) is 10.6 Å². The first-order valence-electron chi connectivity index (χ1n) is 7.97. The van der Waals surface area contributed by atoms with E-state index in [1.807, 2.05) is 37.4 Å². The van der Waals surface area contributed by atoms with E-state index in [1.165, 1.54) is 18.4 Å². The third-order valence-corrected chi connectivity index (χ3v) is 4.78. The van der Waals surface area contributed by atoms with Gasteiger partial charge in [0.1, 0.15) is 11.0 Å². The molecule has 25 heavy (non-hydrogen) atoms. The Balaban J connectivity index is 2.03. The number of aromatic nitrogens is 1. The number of nitrogens with one attached hydrogen (secondary N) is 1. The molecule has 1 aromatic heterocycles. The maximum absolute atomic E-state index is 12.3. The van der Waals surface area contributed by atoms with Crippen molar-refractivity contribution in [1.82, 2.24) is 10.3 Å². The van der Waals surface area contributed by atoms with Crippen LogP contribution in [0.1, 0.15) is 26.0 Å². The summed E-state index contributed by atoms with van der Waals surface area (Å²) in [5.74, 6) is -0.431. The SMILES string of the molecule is COC(=O)C(CC(C)C)NC(=O)Cc1csc(-c2ccccc2Cl)n1. The average molecular weight is 381 g/mol. The van der Waals surface area contributed by atoms with Crippen molar-refractivity contribution in [3.05, 3.63) is 40.4 Å². The quantitative estimate of drug-likeness (QED) is 0.743. The maximum atomic E-state index is 12.3. The minimum absolute atomic E-state index is 0.104. The van der Waals surface area contributed by atoms with Crippen LogP contribution in [-0.2, 0) is 20.7 Å². The standard InChI is InChI=1S/C18H21ClN2O3S/c1-11(2)8-15(18(23)24-3)21-16(22)9-12-10-25-17(20-12)13-6-4-5-7-14(13)19/h4-7,10-11,15H,8-9H2,1-3H3,(H,21,22). The molecule has 2 aromatic rings. The molecule has 0 aliphatic carbocycles. The number of nitrogens with zero attached hydrogens (tertiary/aromatic N) is 1. The van der Waals surface area contributed by atoms with Crippen LogP contribution in [0.4, 0.5) is 0 Å². The van der Waals surface area contributed by atoms with Crippen molar-refractivity contribution >= 4 is 34.8 Å². The fraction of sp³-hybridized carbons (Fsp3) is 0.389. The van der Waals surface area contributed by atoms with Crippen LogP contribution in [0.15, 0.2) is 29.6 Å². The summed E-state index contributed by atoms with van der Waals surface area (Å²) in [6, 6.07) is 6.80. The van der Waals surface area contributed by atoms with Gasteiger partial charge in [-0.3, -0.25) is 4.79 Å². The van der Waals surface area contributed by atoms with Gasteiger partial charge in [0.05, 0.1) is 24.2 Å². The molecule has 7 heteroatoms. The van der Waals surface area contributed by atoms with E-state index in [0.717, 1.165) is 10.6 Å². The Morgan fingerprint density at radius 1 is 1.32 bits per heavy atom. The minimum atomic E-state index is -0.640. The summed E-state index contributed by atoms with van der Waals surface area (Å²) in [5.41, 5.74) is 1.48. The lowest BCUT2D eigenvalue weighted by atomic mass is 10.0. The number of amides is 1. The smallest absolute Gasteiger partial charge is 0.328 e. The van der Waals surface area contributed by atoms with E-state index in [1.54, 1.807) is 6.07 Å². The highest BCUT2D eigenvalue weighted by Crippen LogP contribution is 2.30. The number of benzene rings is 1. The minimum Gasteiger partial charge on any atom is -0.467 e. The number of esters is 1. The lowest BCUT2D eigenvalue weighted by molar-refractivity contribution is -0.145. The zero-order valence-corrected chi connectivity index (χ0v) is 16.0. The number of hydrogen-bond donors (Lipinski definition) is 1. The molecule has 5 nitrogen and oxygen atoms in total. The van der Waals surface area contributed by atoms with Crippen LogP contribution in [0.25, 0.3) is 10.6 Å². The van der Waals surface area contributed by atoms with Gasteiger partial charge in [-0.2, -0.15) is 0 Å². The Bertz CT molecular complexity index is 745. The van der Waals surface area contributed by atoms with Gasteiger partial charge in [0.2, 0.25) is 5.91 Å². The number of carbonyl (C=O) groups excluding carboxylic acids is 2. The summed E-state index contributed by atoms with van der Waals surface area (Å²) in [6.07, 6.45) is 0.632. The average Bonchev–Trinajstić information content (AvgIpc) is 3.01.